The molecule has 0 aliphatic rings. The van der Waals surface area contributed by atoms with E-state index in [9.17, 15) is 4.79 Å². The minimum absolute atomic E-state index is 0.0994. The van der Waals surface area contributed by atoms with Gasteiger partial charge in [-0.1, -0.05) is 12.1 Å². The molecule has 0 aliphatic heterocycles. The zero-order valence-electron chi connectivity index (χ0n) is 9.71. The minimum Gasteiger partial charge on any atom is -0.377 e. The molecule has 0 bridgehead atoms. The molecular formula is C12H16BrNO2. The van der Waals surface area contributed by atoms with Gasteiger partial charge in [-0.25, -0.2) is 0 Å². The van der Waals surface area contributed by atoms with Gasteiger partial charge < -0.3 is 10.1 Å². The fourth-order valence-electron chi connectivity index (χ4n) is 1.11. The van der Waals surface area contributed by atoms with Gasteiger partial charge in [-0.15, -0.1) is 0 Å². The van der Waals surface area contributed by atoms with Crippen LogP contribution in [-0.2, 0) is 4.74 Å². The van der Waals surface area contributed by atoms with Gasteiger partial charge in [0.05, 0.1) is 11.2 Å². The Morgan fingerprint density at radius 2 is 2.06 bits per heavy atom. The topological polar surface area (TPSA) is 38.3 Å². The van der Waals surface area contributed by atoms with Crippen LogP contribution in [0.1, 0.15) is 24.2 Å². The van der Waals surface area contributed by atoms with E-state index in [4.69, 9.17) is 4.74 Å². The van der Waals surface area contributed by atoms with Crippen LogP contribution in [0.2, 0.25) is 0 Å². The number of amides is 1. The van der Waals surface area contributed by atoms with Crippen LogP contribution in [0.5, 0.6) is 0 Å². The lowest BCUT2D eigenvalue weighted by molar-refractivity contribution is 0.0228. The molecule has 1 rings (SSSR count). The molecule has 0 fully saturated rings. The van der Waals surface area contributed by atoms with Crippen LogP contribution in [0.25, 0.3) is 0 Å². The zero-order chi connectivity index (χ0) is 12.2. The highest BCUT2D eigenvalue weighted by atomic mass is 79.9. The van der Waals surface area contributed by atoms with Gasteiger partial charge in [0.1, 0.15) is 0 Å². The molecule has 3 nitrogen and oxygen atoms in total. The van der Waals surface area contributed by atoms with Crippen molar-refractivity contribution in [2.45, 2.75) is 19.4 Å². The number of methoxy groups -OCH3 is 1. The molecule has 0 aromatic heterocycles. The second-order valence-electron chi connectivity index (χ2n) is 4.13. The quantitative estimate of drug-likeness (QED) is 0.924. The smallest absolute Gasteiger partial charge is 0.252 e. The third kappa shape index (κ3) is 3.61. The van der Waals surface area contributed by atoms with Gasteiger partial charge in [0.15, 0.2) is 0 Å². The first-order valence-corrected chi connectivity index (χ1v) is 5.83. The summed E-state index contributed by atoms with van der Waals surface area (Å²) in [5, 5.41) is 2.84. The van der Waals surface area contributed by atoms with Crippen molar-refractivity contribution in [3.8, 4) is 0 Å². The van der Waals surface area contributed by atoms with E-state index in [-0.39, 0.29) is 11.5 Å². The van der Waals surface area contributed by atoms with E-state index >= 15 is 0 Å². The van der Waals surface area contributed by atoms with Crippen LogP contribution in [-0.4, -0.2) is 25.2 Å². The van der Waals surface area contributed by atoms with Crippen molar-refractivity contribution in [1.29, 1.82) is 0 Å². The Bertz CT molecular complexity index is 377. The lowest BCUT2D eigenvalue weighted by atomic mass is 10.1. The van der Waals surface area contributed by atoms with E-state index in [0.29, 0.717) is 12.1 Å². The summed E-state index contributed by atoms with van der Waals surface area (Å²) in [5.41, 5.74) is 0.283. The summed E-state index contributed by atoms with van der Waals surface area (Å²) in [6, 6.07) is 7.33. The number of hydrogen-bond acceptors (Lipinski definition) is 2. The fourth-order valence-corrected chi connectivity index (χ4v) is 1.57. The lowest BCUT2D eigenvalue weighted by Gasteiger charge is -2.23. The molecule has 16 heavy (non-hydrogen) atoms. The summed E-state index contributed by atoms with van der Waals surface area (Å²) >= 11 is 3.34. The molecule has 1 aromatic rings. The predicted molar refractivity (Wildman–Crippen MR) is 67.6 cm³/mol. The summed E-state index contributed by atoms with van der Waals surface area (Å²) < 4.78 is 6.02. The van der Waals surface area contributed by atoms with E-state index in [2.05, 4.69) is 21.2 Å². The van der Waals surface area contributed by atoms with E-state index in [0.717, 1.165) is 4.47 Å². The minimum atomic E-state index is -0.350. The Kier molecular flexibility index (Phi) is 4.50. The van der Waals surface area contributed by atoms with Crippen LogP contribution < -0.4 is 5.32 Å². The monoisotopic (exact) mass is 285 g/mol. The Morgan fingerprint density at radius 3 is 2.62 bits per heavy atom. The van der Waals surface area contributed by atoms with Crippen LogP contribution in [0.15, 0.2) is 28.7 Å². The molecule has 0 unspecified atom stereocenters. The molecule has 0 aliphatic carbocycles. The first kappa shape index (κ1) is 13.2. The first-order chi connectivity index (χ1) is 7.46. The van der Waals surface area contributed by atoms with Crippen LogP contribution in [0.3, 0.4) is 0 Å². The van der Waals surface area contributed by atoms with E-state index in [1.54, 1.807) is 13.2 Å². The number of carbonyl (C=O) groups is 1. The maximum Gasteiger partial charge on any atom is 0.252 e. The largest absolute Gasteiger partial charge is 0.377 e. The van der Waals surface area contributed by atoms with Crippen molar-refractivity contribution in [2.75, 3.05) is 13.7 Å². The van der Waals surface area contributed by atoms with Gasteiger partial charge in [0, 0.05) is 18.1 Å². The number of ether oxygens (including phenoxy) is 1. The SMILES string of the molecule is COC(C)(C)CNC(=O)c1ccccc1Br. The highest BCUT2D eigenvalue weighted by Gasteiger charge is 2.18. The molecule has 0 heterocycles. The standard InChI is InChI=1S/C12H16BrNO2/c1-12(2,16-3)8-14-11(15)9-6-4-5-7-10(9)13/h4-7H,8H2,1-3H3,(H,14,15). The van der Waals surface area contributed by atoms with Gasteiger partial charge in [0.25, 0.3) is 5.91 Å². The molecule has 1 amide bonds. The predicted octanol–water partition coefficient (Wildman–Crippen LogP) is 2.60. The fraction of sp³-hybridized carbons (Fsp3) is 0.417. The normalized spacial score (nSPS) is 11.2. The van der Waals surface area contributed by atoms with Crippen molar-refractivity contribution in [3.05, 3.63) is 34.3 Å². The Morgan fingerprint density at radius 1 is 1.44 bits per heavy atom. The molecule has 1 aromatic carbocycles. The molecule has 88 valence electrons. The van der Waals surface area contributed by atoms with Gasteiger partial charge in [-0.05, 0) is 41.9 Å². The number of halogens is 1. The van der Waals surface area contributed by atoms with Crippen LogP contribution >= 0.6 is 15.9 Å². The van der Waals surface area contributed by atoms with Gasteiger partial charge in [-0.3, -0.25) is 4.79 Å². The van der Waals surface area contributed by atoms with Crippen LogP contribution in [0, 0.1) is 0 Å². The van der Waals surface area contributed by atoms with Gasteiger partial charge in [0.2, 0.25) is 0 Å². The average molecular weight is 286 g/mol. The van der Waals surface area contributed by atoms with Crippen molar-refractivity contribution < 1.29 is 9.53 Å². The molecule has 1 N–H and O–H groups in total. The van der Waals surface area contributed by atoms with E-state index in [1.807, 2.05) is 32.0 Å². The molecule has 0 saturated heterocycles. The first-order valence-electron chi connectivity index (χ1n) is 5.04. The van der Waals surface area contributed by atoms with E-state index < -0.39 is 0 Å². The summed E-state index contributed by atoms with van der Waals surface area (Å²) in [7, 11) is 1.63. The van der Waals surface area contributed by atoms with Crippen molar-refractivity contribution in [3.63, 3.8) is 0 Å². The highest BCUT2D eigenvalue weighted by Crippen LogP contribution is 2.15. The third-order valence-corrected chi connectivity index (χ3v) is 3.04. The molecule has 0 spiro atoms. The average Bonchev–Trinajstić information content (AvgIpc) is 2.27. The number of rotatable bonds is 4. The second kappa shape index (κ2) is 5.46. The highest BCUT2D eigenvalue weighted by molar-refractivity contribution is 9.10. The summed E-state index contributed by atoms with van der Waals surface area (Å²) in [6.07, 6.45) is 0. The molecular weight excluding hydrogens is 270 g/mol. The van der Waals surface area contributed by atoms with Gasteiger partial charge in [-0.2, -0.15) is 0 Å². The number of benzene rings is 1. The number of hydrogen-bond donors (Lipinski definition) is 1. The maximum absolute atomic E-state index is 11.8. The van der Waals surface area contributed by atoms with Crippen molar-refractivity contribution >= 4 is 21.8 Å². The van der Waals surface area contributed by atoms with Crippen LogP contribution in [0.4, 0.5) is 0 Å². The summed E-state index contributed by atoms with van der Waals surface area (Å²) in [4.78, 5) is 11.8. The van der Waals surface area contributed by atoms with E-state index in [1.165, 1.54) is 0 Å². The summed E-state index contributed by atoms with van der Waals surface area (Å²) in [5.74, 6) is -0.0994. The molecule has 0 atom stereocenters. The molecule has 4 heteroatoms. The maximum atomic E-state index is 11.8. The molecule has 0 radical (unpaired) electrons. The number of carbonyl (C=O) groups excluding carboxylic acids is 1. The second-order valence-corrected chi connectivity index (χ2v) is 4.98. The Labute approximate surface area is 104 Å². The Hall–Kier alpha value is -0.870. The summed E-state index contributed by atoms with van der Waals surface area (Å²) in [6.45, 7) is 4.32. The third-order valence-electron chi connectivity index (χ3n) is 2.35. The van der Waals surface area contributed by atoms with Gasteiger partial charge >= 0.3 is 0 Å². The molecule has 0 saturated carbocycles. The lowest BCUT2D eigenvalue weighted by Crippen LogP contribution is -2.39. The number of nitrogens with one attached hydrogen (secondary N) is 1. The zero-order valence-corrected chi connectivity index (χ0v) is 11.3. The van der Waals surface area contributed by atoms with Crippen molar-refractivity contribution in [1.82, 2.24) is 5.32 Å². The Balaban J connectivity index is 2.64. The van der Waals surface area contributed by atoms with Crippen molar-refractivity contribution in [2.24, 2.45) is 0 Å².